The van der Waals surface area contributed by atoms with Gasteiger partial charge in [-0.25, -0.2) is 22.9 Å². The van der Waals surface area contributed by atoms with Gasteiger partial charge in [-0.3, -0.25) is 33.4 Å². The SMILES string of the molecule is Cc1cc(S(=O)(=O)NCCCN(C)C2CCN(c3cccc4c3n(C)c(=O)n4C3CCC(=O)NC3=O)CC2)ccc1Nc1ncc2cc(Cl)c(=O)n(C3CCCC3)c2n1. The van der Waals surface area contributed by atoms with Gasteiger partial charge >= 0.3 is 5.69 Å². The lowest BCUT2D eigenvalue weighted by molar-refractivity contribution is -0.135. The molecule has 18 heteroatoms. The van der Waals surface area contributed by atoms with Crippen LogP contribution in [0.4, 0.5) is 17.3 Å². The van der Waals surface area contributed by atoms with E-state index in [9.17, 15) is 27.6 Å². The number of carbonyl (C=O) groups excluding carboxylic acids is 2. The van der Waals surface area contributed by atoms with Crippen molar-refractivity contribution in [1.82, 2.24) is 38.6 Å². The number of nitrogens with zero attached hydrogens (tertiary/aromatic N) is 7. The predicted molar refractivity (Wildman–Crippen MR) is 227 cm³/mol. The summed E-state index contributed by atoms with van der Waals surface area (Å²) in [5.41, 5.74) is 3.67. The van der Waals surface area contributed by atoms with Crippen LogP contribution in [0.25, 0.3) is 22.1 Å². The highest BCUT2D eigenvalue weighted by molar-refractivity contribution is 7.89. The topological polar surface area (TPSA) is 186 Å². The summed E-state index contributed by atoms with van der Waals surface area (Å²) in [7, 11) is 0.0146. The van der Waals surface area contributed by atoms with E-state index in [2.05, 4.69) is 37.2 Å². The molecule has 0 radical (unpaired) electrons. The third-order valence-corrected chi connectivity index (χ3v) is 13.9. The van der Waals surface area contributed by atoms with Crippen molar-refractivity contribution in [3.63, 3.8) is 0 Å². The maximum Gasteiger partial charge on any atom is 0.329 e. The first-order valence-electron chi connectivity index (χ1n) is 20.2. The number of imidazole rings is 1. The summed E-state index contributed by atoms with van der Waals surface area (Å²) in [6, 6.07) is 11.8. The number of benzene rings is 2. The van der Waals surface area contributed by atoms with Crippen LogP contribution in [0.5, 0.6) is 0 Å². The van der Waals surface area contributed by atoms with Crippen molar-refractivity contribution < 1.29 is 18.0 Å². The first kappa shape index (κ1) is 40.7. The highest BCUT2D eigenvalue weighted by Gasteiger charge is 2.33. The standard InChI is InChI=1S/C41H49ClN10O6S/c1-25-22-29(12-13-31(25)45-40-43-24-26-23-30(42)39(55)51(37(26)47-40)28-8-4-5-9-28)59(57,58)44-18-7-19-48(2)27-16-20-50(21-17-27)32-10-6-11-33-36(32)49(3)41(56)52(33)34-14-15-35(53)46-38(34)54/h6,10-13,22-24,27-28,34,44H,4-5,7-9,14-21H2,1-3H3,(H,43,45,47)(H,46,53,54). The summed E-state index contributed by atoms with van der Waals surface area (Å²) in [6.45, 7) is 4.34. The number of amides is 2. The minimum atomic E-state index is -3.77. The lowest BCUT2D eigenvalue weighted by Crippen LogP contribution is -2.44. The van der Waals surface area contributed by atoms with Gasteiger partial charge in [0, 0.05) is 62.5 Å². The maximum atomic E-state index is 13.4. The second kappa shape index (κ2) is 16.5. The maximum absolute atomic E-state index is 13.4. The van der Waals surface area contributed by atoms with E-state index in [1.165, 1.54) is 4.57 Å². The molecule has 1 atom stereocenters. The number of para-hydroxylation sites is 1. The quantitative estimate of drug-likeness (QED) is 0.119. The predicted octanol–water partition coefficient (Wildman–Crippen LogP) is 4.51. The zero-order chi connectivity index (χ0) is 41.6. The number of fused-ring (bicyclic) bond motifs is 2. The Morgan fingerprint density at radius 2 is 1.75 bits per heavy atom. The van der Waals surface area contributed by atoms with E-state index in [0.29, 0.717) is 52.8 Å². The lowest BCUT2D eigenvalue weighted by Gasteiger charge is -2.38. The number of hydrogen-bond donors (Lipinski definition) is 3. The molecular formula is C41H49ClN10O6S. The van der Waals surface area contributed by atoms with E-state index >= 15 is 0 Å². The van der Waals surface area contributed by atoms with Crippen molar-refractivity contribution >= 4 is 72.8 Å². The van der Waals surface area contributed by atoms with E-state index < -0.39 is 22.0 Å². The number of aryl methyl sites for hydroxylation is 2. The number of anilines is 3. The third kappa shape index (κ3) is 8.00. The molecule has 1 saturated carbocycles. The number of rotatable bonds is 12. The van der Waals surface area contributed by atoms with Gasteiger partial charge < -0.3 is 15.1 Å². The molecule has 0 spiro atoms. The number of sulfonamides is 1. The molecular weight excluding hydrogens is 796 g/mol. The summed E-state index contributed by atoms with van der Waals surface area (Å²) in [4.78, 5) is 64.8. The van der Waals surface area contributed by atoms with Crippen molar-refractivity contribution in [1.29, 1.82) is 0 Å². The lowest BCUT2D eigenvalue weighted by atomic mass is 10.0. The zero-order valence-corrected chi connectivity index (χ0v) is 35.0. The Balaban J connectivity index is 0.850. The minimum absolute atomic E-state index is 0.0342. The molecule has 1 aliphatic carbocycles. The highest BCUT2D eigenvalue weighted by atomic mass is 35.5. The molecule has 5 heterocycles. The van der Waals surface area contributed by atoms with Crippen LogP contribution in [-0.2, 0) is 26.7 Å². The van der Waals surface area contributed by atoms with Crippen molar-refractivity contribution in [2.24, 2.45) is 7.05 Å². The fraction of sp³-hybridized carbons (Fsp3) is 0.463. The Morgan fingerprint density at radius 1 is 0.983 bits per heavy atom. The largest absolute Gasteiger partial charge is 0.370 e. The Morgan fingerprint density at radius 3 is 2.47 bits per heavy atom. The number of piperidine rings is 2. The molecule has 16 nitrogen and oxygen atoms in total. The number of halogens is 1. The normalized spacial score (nSPS) is 18.4. The molecule has 3 aromatic heterocycles. The molecule has 312 valence electrons. The van der Waals surface area contributed by atoms with E-state index in [4.69, 9.17) is 16.6 Å². The van der Waals surface area contributed by atoms with Gasteiger partial charge in [0.05, 0.1) is 21.6 Å². The van der Waals surface area contributed by atoms with Gasteiger partial charge in [0.1, 0.15) is 16.7 Å². The zero-order valence-electron chi connectivity index (χ0n) is 33.4. The summed E-state index contributed by atoms with van der Waals surface area (Å²) < 4.78 is 34.2. The molecule has 5 aromatic rings. The van der Waals surface area contributed by atoms with Crippen LogP contribution in [-0.4, -0.2) is 88.1 Å². The minimum Gasteiger partial charge on any atom is -0.370 e. The fourth-order valence-corrected chi connectivity index (χ4v) is 10.3. The van der Waals surface area contributed by atoms with Crippen LogP contribution in [0.15, 0.2) is 63.1 Å². The van der Waals surface area contributed by atoms with Crippen molar-refractivity contribution in [3.05, 3.63) is 80.1 Å². The van der Waals surface area contributed by atoms with E-state index in [1.54, 1.807) is 46.6 Å². The van der Waals surface area contributed by atoms with Gasteiger partial charge in [0.15, 0.2) is 0 Å². The van der Waals surface area contributed by atoms with Gasteiger partial charge in [-0.1, -0.05) is 30.5 Å². The summed E-state index contributed by atoms with van der Waals surface area (Å²) >= 11 is 6.28. The van der Waals surface area contributed by atoms with Crippen LogP contribution in [0, 0.1) is 6.92 Å². The van der Waals surface area contributed by atoms with Crippen molar-refractivity contribution in [2.75, 3.05) is 43.4 Å². The van der Waals surface area contributed by atoms with Gasteiger partial charge in [-0.15, -0.1) is 0 Å². The Bertz CT molecular complexity index is 2680. The average molecular weight is 845 g/mol. The van der Waals surface area contributed by atoms with Crippen LogP contribution >= 0.6 is 11.6 Å². The molecule has 3 N–H and O–H groups in total. The summed E-state index contributed by atoms with van der Waals surface area (Å²) in [5.74, 6) is -0.482. The van der Waals surface area contributed by atoms with Crippen LogP contribution in [0.2, 0.25) is 5.02 Å². The molecule has 3 aliphatic rings. The first-order valence-corrected chi connectivity index (χ1v) is 22.1. The molecule has 2 aliphatic heterocycles. The Labute approximate surface area is 346 Å². The number of nitrogens with one attached hydrogen (secondary N) is 3. The number of hydrogen-bond acceptors (Lipinski definition) is 11. The molecule has 8 rings (SSSR count). The molecule has 2 amide bonds. The first-order chi connectivity index (χ1) is 28.3. The number of imide groups is 1. The van der Waals surface area contributed by atoms with Gasteiger partial charge in [0.2, 0.25) is 27.8 Å². The molecule has 0 bridgehead atoms. The van der Waals surface area contributed by atoms with Crippen LogP contribution in [0.3, 0.4) is 0 Å². The van der Waals surface area contributed by atoms with E-state index in [1.807, 2.05) is 25.1 Å². The average Bonchev–Trinajstić information content (AvgIpc) is 3.84. The highest BCUT2D eigenvalue weighted by Crippen LogP contribution is 2.33. The molecule has 3 fully saturated rings. The van der Waals surface area contributed by atoms with Crippen molar-refractivity contribution in [3.8, 4) is 0 Å². The third-order valence-electron chi connectivity index (χ3n) is 12.2. The van der Waals surface area contributed by atoms with E-state index in [-0.39, 0.29) is 52.5 Å². The van der Waals surface area contributed by atoms with E-state index in [0.717, 1.165) is 62.8 Å². The number of carbonyl (C=O) groups is 2. The van der Waals surface area contributed by atoms with Crippen molar-refractivity contribution in [2.45, 2.75) is 87.7 Å². The summed E-state index contributed by atoms with van der Waals surface area (Å²) in [5, 5.41) is 6.39. The second-order valence-electron chi connectivity index (χ2n) is 16.0. The van der Waals surface area contributed by atoms with Gasteiger partial charge in [-0.05, 0) is 101 Å². The number of aromatic nitrogens is 5. The molecule has 2 aromatic carbocycles. The monoisotopic (exact) mass is 844 g/mol. The number of pyridine rings is 1. The summed E-state index contributed by atoms with van der Waals surface area (Å²) in [6.07, 6.45) is 8.37. The molecule has 2 saturated heterocycles. The fourth-order valence-electron chi connectivity index (χ4n) is 8.96. The van der Waals surface area contributed by atoms with Gasteiger partial charge in [-0.2, -0.15) is 4.98 Å². The smallest absolute Gasteiger partial charge is 0.329 e. The molecule has 59 heavy (non-hydrogen) atoms. The van der Waals surface area contributed by atoms with Crippen LogP contribution in [0.1, 0.15) is 75.4 Å². The Hall–Kier alpha value is -5.10. The van der Waals surface area contributed by atoms with Gasteiger partial charge in [0.25, 0.3) is 5.56 Å². The van der Waals surface area contributed by atoms with Crippen LogP contribution < -0.4 is 31.5 Å². The molecule has 1 unspecified atom stereocenters. The second-order valence-corrected chi connectivity index (χ2v) is 18.1. The Kier molecular flexibility index (Phi) is 11.4.